The van der Waals surface area contributed by atoms with E-state index < -0.39 is 0 Å². The summed E-state index contributed by atoms with van der Waals surface area (Å²) >= 11 is 0. The average molecular weight is 426 g/mol. The summed E-state index contributed by atoms with van der Waals surface area (Å²) in [6.45, 7) is 5.75. The third-order valence-corrected chi connectivity index (χ3v) is 4.64. The first-order valence-corrected chi connectivity index (χ1v) is 9.11. The minimum Gasteiger partial charge on any atom is -0.457 e. The van der Waals surface area contributed by atoms with E-state index in [4.69, 9.17) is 4.74 Å². The number of rotatable bonds is 5. The molecular formula is C22H24BrN3O. The summed E-state index contributed by atoms with van der Waals surface area (Å²) < 4.78 is 6.18. The van der Waals surface area contributed by atoms with Gasteiger partial charge in [-0.25, -0.2) is 0 Å². The molecule has 1 aliphatic heterocycles. The highest BCUT2D eigenvalue weighted by Crippen LogP contribution is 2.30. The first kappa shape index (κ1) is 19.2. The van der Waals surface area contributed by atoms with E-state index in [9.17, 15) is 0 Å². The molecule has 1 heterocycles. The van der Waals surface area contributed by atoms with Crippen LogP contribution in [0.2, 0.25) is 0 Å². The monoisotopic (exact) mass is 425 g/mol. The minimum absolute atomic E-state index is 0. The van der Waals surface area contributed by atoms with Gasteiger partial charge in [-0.05, 0) is 36.1 Å². The van der Waals surface area contributed by atoms with Gasteiger partial charge >= 0.3 is 0 Å². The number of fused-ring (bicyclic) bond motifs is 1. The van der Waals surface area contributed by atoms with E-state index in [0.717, 1.165) is 49.0 Å². The van der Waals surface area contributed by atoms with Gasteiger partial charge in [-0.15, -0.1) is 17.0 Å². The molecule has 27 heavy (non-hydrogen) atoms. The first-order valence-electron chi connectivity index (χ1n) is 9.11. The van der Waals surface area contributed by atoms with Crippen molar-refractivity contribution < 1.29 is 4.74 Å². The predicted molar refractivity (Wildman–Crippen MR) is 117 cm³/mol. The molecule has 1 aliphatic rings. The molecule has 0 atom stereocenters. The normalized spacial score (nSPS) is 13.2. The van der Waals surface area contributed by atoms with Crippen molar-refractivity contribution in [2.75, 3.05) is 19.6 Å². The number of guanidine groups is 1. The summed E-state index contributed by atoms with van der Waals surface area (Å²) in [4.78, 5) is 6.79. The van der Waals surface area contributed by atoms with Crippen molar-refractivity contribution in [3.8, 4) is 11.5 Å². The zero-order valence-corrected chi connectivity index (χ0v) is 17.1. The van der Waals surface area contributed by atoms with Gasteiger partial charge in [0.25, 0.3) is 0 Å². The average Bonchev–Trinajstić information content (AvgIpc) is 3.15. The fourth-order valence-corrected chi connectivity index (χ4v) is 3.27. The Labute approximate surface area is 170 Å². The number of nitrogens with zero attached hydrogens (tertiary/aromatic N) is 2. The van der Waals surface area contributed by atoms with Crippen molar-refractivity contribution in [3.05, 3.63) is 72.3 Å². The van der Waals surface area contributed by atoms with E-state index in [-0.39, 0.29) is 17.0 Å². The van der Waals surface area contributed by atoms with Crippen LogP contribution < -0.4 is 10.1 Å². The molecule has 0 spiro atoms. The maximum Gasteiger partial charge on any atom is 0.194 e. The molecule has 0 aromatic heterocycles. The molecule has 140 valence electrons. The lowest BCUT2D eigenvalue weighted by molar-refractivity contribution is 0.466. The quantitative estimate of drug-likeness (QED) is 0.625. The molecule has 0 fully saturated rings. The molecule has 1 N–H and O–H groups in total. The number of benzene rings is 3. The van der Waals surface area contributed by atoms with Crippen LogP contribution in [0.4, 0.5) is 0 Å². The highest BCUT2D eigenvalue weighted by molar-refractivity contribution is 8.93. The predicted octanol–water partition coefficient (Wildman–Crippen LogP) is 4.99. The molecule has 0 saturated carbocycles. The molecule has 0 amide bonds. The van der Waals surface area contributed by atoms with Crippen molar-refractivity contribution in [1.29, 1.82) is 0 Å². The van der Waals surface area contributed by atoms with Crippen LogP contribution in [0.3, 0.4) is 0 Å². The van der Waals surface area contributed by atoms with Crippen LogP contribution >= 0.6 is 17.0 Å². The molecule has 3 aromatic carbocycles. The summed E-state index contributed by atoms with van der Waals surface area (Å²) in [5.41, 5.74) is 1.17. The fourth-order valence-electron chi connectivity index (χ4n) is 3.27. The van der Waals surface area contributed by atoms with Gasteiger partial charge in [0.2, 0.25) is 0 Å². The Kier molecular flexibility index (Phi) is 6.35. The standard InChI is InChI=1S/C22H23N3O.BrH/c1-2-25-14-13-23-22(25)24-16-17-7-5-10-19(15-17)26-21-12-6-9-18-8-3-4-11-20(18)21;/h3-12,15H,2,13-14,16H2,1H3,(H,23,24);1H. The number of aliphatic imine (C=N–C) groups is 1. The zero-order chi connectivity index (χ0) is 17.8. The van der Waals surface area contributed by atoms with Crippen LogP contribution in [0.1, 0.15) is 12.5 Å². The van der Waals surface area contributed by atoms with Gasteiger partial charge in [0, 0.05) is 25.0 Å². The fraction of sp³-hybridized carbons (Fsp3) is 0.227. The van der Waals surface area contributed by atoms with Gasteiger partial charge in [0.05, 0.1) is 6.54 Å². The maximum absolute atomic E-state index is 6.18. The third-order valence-electron chi connectivity index (χ3n) is 4.64. The number of ether oxygens (including phenoxy) is 1. The largest absolute Gasteiger partial charge is 0.457 e. The Hall–Kier alpha value is -2.53. The van der Waals surface area contributed by atoms with Gasteiger partial charge < -0.3 is 15.0 Å². The molecule has 5 heteroatoms. The Morgan fingerprint density at radius 2 is 1.85 bits per heavy atom. The number of likely N-dealkylation sites (N-methyl/N-ethyl adjacent to an activating group) is 1. The van der Waals surface area contributed by atoms with Crippen LogP contribution in [0.15, 0.2) is 71.7 Å². The third kappa shape index (κ3) is 4.42. The summed E-state index contributed by atoms with van der Waals surface area (Å²) in [7, 11) is 0. The lowest BCUT2D eigenvalue weighted by Crippen LogP contribution is -2.37. The van der Waals surface area contributed by atoms with Gasteiger partial charge in [0.1, 0.15) is 11.5 Å². The summed E-state index contributed by atoms with van der Waals surface area (Å²) in [5, 5.41) is 5.74. The van der Waals surface area contributed by atoms with Crippen molar-refractivity contribution in [3.63, 3.8) is 0 Å². The van der Waals surface area contributed by atoms with Crippen LogP contribution in [0.25, 0.3) is 10.8 Å². The smallest absolute Gasteiger partial charge is 0.194 e. The van der Waals surface area contributed by atoms with Gasteiger partial charge in [-0.3, -0.25) is 4.99 Å². The molecule has 3 aromatic rings. The second-order valence-corrected chi connectivity index (χ2v) is 6.37. The van der Waals surface area contributed by atoms with Crippen LogP contribution in [0, 0.1) is 0 Å². The Morgan fingerprint density at radius 1 is 1.04 bits per heavy atom. The van der Waals surface area contributed by atoms with E-state index in [1.807, 2.05) is 36.4 Å². The van der Waals surface area contributed by atoms with Gasteiger partial charge in [-0.1, -0.05) is 48.5 Å². The first-order chi connectivity index (χ1) is 12.8. The zero-order valence-electron chi connectivity index (χ0n) is 15.4. The number of hydrogen-bond acceptors (Lipinski definition) is 4. The molecule has 0 unspecified atom stereocenters. The number of halogens is 1. The second-order valence-electron chi connectivity index (χ2n) is 6.37. The highest BCUT2D eigenvalue weighted by Gasteiger charge is 2.14. The molecule has 0 bridgehead atoms. The topological polar surface area (TPSA) is 36.9 Å². The van der Waals surface area contributed by atoms with Crippen molar-refractivity contribution >= 4 is 33.7 Å². The number of hydrogen-bond donors (Lipinski definition) is 1. The second kappa shape index (κ2) is 8.91. The lowest BCUT2D eigenvalue weighted by atomic mass is 10.1. The Morgan fingerprint density at radius 3 is 2.74 bits per heavy atom. The van der Waals surface area contributed by atoms with E-state index in [1.54, 1.807) is 0 Å². The SMILES string of the molecule is Br.CCN1CCN=C1NCc1cccc(Oc2cccc3ccccc23)c1. The van der Waals surface area contributed by atoms with E-state index >= 15 is 0 Å². The van der Waals surface area contributed by atoms with Crippen molar-refractivity contribution in [1.82, 2.24) is 10.2 Å². The Balaban J connectivity index is 0.00000210. The molecular weight excluding hydrogens is 402 g/mol. The van der Waals surface area contributed by atoms with Crippen molar-refractivity contribution in [2.24, 2.45) is 4.99 Å². The van der Waals surface area contributed by atoms with E-state index in [2.05, 4.69) is 52.5 Å². The van der Waals surface area contributed by atoms with Crippen LogP contribution in [0.5, 0.6) is 11.5 Å². The van der Waals surface area contributed by atoms with Crippen LogP contribution in [-0.2, 0) is 6.54 Å². The van der Waals surface area contributed by atoms with Gasteiger partial charge in [-0.2, -0.15) is 0 Å². The van der Waals surface area contributed by atoms with Gasteiger partial charge in [0.15, 0.2) is 5.96 Å². The Bertz CT molecular complexity index is 936. The molecule has 0 radical (unpaired) electrons. The molecule has 0 saturated heterocycles. The molecule has 4 nitrogen and oxygen atoms in total. The summed E-state index contributed by atoms with van der Waals surface area (Å²) in [6.07, 6.45) is 0. The molecule has 4 rings (SSSR count). The van der Waals surface area contributed by atoms with Crippen molar-refractivity contribution in [2.45, 2.75) is 13.5 Å². The summed E-state index contributed by atoms with van der Waals surface area (Å²) in [5.74, 6) is 2.72. The minimum atomic E-state index is 0. The maximum atomic E-state index is 6.18. The van der Waals surface area contributed by atoms with E-state index in [1.165, 1.54) is 10.9 Å². The highest BCUT2D eigenvalue weighted by atomic mass is 79.9. The van der Waals surface area contributed by atoms with Crippen LogP contribution in [-0.4, -0.2) is 30.5 Å². The van der Waals surface area contributed by atoms with E-state index in [0.29, 0.717) is 0 Å². The lowest BCUT2D eigenvalue weighted by Gasteiger charge is -2.19. The molecule has 0 aliphatic carbocycles. The number of nitrogens with one attached hydrogen (secondary N) is 1. The summed E-state index contributed by atoms with van der Waals surface area (Å²) in [6, 6.07) is 22.6.